The van der Waals surface area contributed by atoms with Crippen molar-refractivity contribution < 1.29 is 9.53 Å². The van der Waals surface area contributed by atoms with Crippen molar-refractivity contribution in [2.75, 3.05) is 0 Å². The highest BCUT2D eigenvalue weighted by atomic mass is 79.9. The SMILES string of the molecule is CC(C)(C)OC(=O)N1C2CCC1C(Br)C2. The van der Waals surface area contributed by atoms with E-state index in [-0.39, 0.29) is 11.7 Å². The van der Waals surface area contributed by atoms with Gasteiger partial charge in [-0.25, -0.2) is 4.79 Å². The Morgan fingerprint density at radius 2 is 2.07 bits per heavy atom. The van der Waals surface area contributed by atoms with Crippen molar-refractivity contribution in [3.05, 3.63) is 0 Å². The number of nitrogens with zero attached hydrogens (tertiary/aromatic N) is 1. The maximum atomic E-state index is 12.0. The molecule has 3 atom stereocenters. The monoisotopic (exact) mass is 275 g/mol. The molecule has 1 amide bonds. The summed E-state index contributed by atoms with van der Waals surface area (Å²) in [5, 5.41) is 0. The van der Waals surface area contributed by atoms with Crippen LogP contribution in [-0.4, -0.2) is 33.5 Å². The molecule has 0 aromatic heterocycles. The molecule has 4 heteroatoms. The number of ether oxygens (including phenoxy) is 1. The number of hydrogen-bond acceptors (Lipinski definition) is 2. The van der Waals surface area contributed by atoms with Gasteiger partial charge in [-0.05, 0) is 40.0 Å². The molecule has 0 aliphatic carbocycles. The second-order valence-corrected chi connectivity index (χ2v) is 6.61. The third kappa shape index (κ3) is 2.14. The van der Waals surface area contributed by atoms with Gasteiger partial charge < -0.3 is 9.64 Å². The van der Waals surface area contributed by atoms with E-state index in [0.717, 1.165) is 19.3 Å². The van der Waals surface area contributed by atoms with Gasteiger partial charge in [0.1, 0.15) is 5.60 Å². The van der Waals surface area contributed by atoms with Gasteiger partial charge in [0.2, 0.25) is 0 Å². The predicted molar refractivity (Wildman–Crippen MR) is 62.2 cm³/mol. The number of fused-ring (bicyclic) bond motifs is 2. The fraction of sp³-hybridized carbons (Fsp3) is 0.909. The molecule has 2 aliphatic rings. The fourth-order valence-electron chi connectivity index (χ4n) is 2.51. The first kappa shape index (κ1) is 11.2. The summed E-state index contributed by atoms with van der Waals surface area (Å²) in [7, 11) is 0. The summed E-state index contributed by atoms with van der Waals surface area (Å²) in [5.41, 5.74) is -0.388. The van der Waals surface area contributed by atoms with Gasteiger partial charge in [-0.3, -0.25) is 0 Å². The first-order valence-electron chi connectivity index (χ1n) is 5.54. The molecule has 0 aromatic carbocycles. The highest BCUT2D eigenvalue weighted by molar-refractivity contribution is 9.09. The van der Waals surface area contributed by atoms with Crippen molar-refractivity contribution in [1.82, 2.24) is 4.90 Å². The molecule has 0 aromatic rings. The second-order valence-electron chi connectivity index (χ2n) is 5.44. The first-order chi connectivity index (χ1) is 6.88. The summed E-state index contributed by atoms with van der Waals surface area (Å²) < 4.78 is 5.42. The van der Waals surface area contributed by atoms with Gasteiger partial charge in [-0.2, -0.15) is 0 Å². The lowest BCUT2D eigenvalue weighted by molar-refractivity contribution is 0.0218. The minimum Gasteiger partial charge on any atom is -0.444 e. The molecular formula is C11H18BrNO2. The molecule has 2 heterocycles. The molecule has 0 radical (unpaired) electrons. The van der Waals surface area contributed by atoms with Gasteiger partial charge in [0.15, 0.2) is 0 Å². The van der Waals surface area contributed by atoms with Crippen LogP contribution in [0.4, 0.5) is 4.79 Å². The maximum absolute atomic E-state index is 12.0. The molecule has 2 fully saturated rings. The summed E-state index contributed by atoms with van der Waals surface area (Å²) >= 11 is 3.63. The quantitative estimate of drug-likeness (QED) is 0.637. The lowest BCUT2D eigenvalue weighted by atomic mass is 10.0. The number of carbonyl (C=O) groups excluding carboxylic acids is 1. The van der Waals surface area contributed by atoms with Gasteiger partial charge in [0.25, 0.3) is 0 Å². The number of amides is 1. The van der Waals surface area contributed by atoms with Crippen LogP contribution in [0.2, 0.25) is 0 Å². The Morgan fingerprint density at radius 3 is 2.47 bits per heavy atom. The molecule has 0 spiro atoms. The van der Waals surface area contributed by atoms with Gasteiger partial charge in [-0.1, -0.05) is 15.9 Å². The van der Waals surface area contributed by atoms with E-state index in [1.165, 1.54) is 0 Å². The van der Waals surface area contributed by atoms with Crippen LogP contribution < -0.4 is 0 Å². The highest BCUT2D eigenvalue weighted by Crippen LogP contribution is 2.41. The van der Waals surface area contributed by atoms with Crippen molar-refractivity contribution in [2.45, 2.75) is 62.5 Å². The largest absolute Gasteiger partial charge is 0.444 e. The van der Waals surface area contributed by atoms with Crippen molar-refractivity contribution in [2.24, 2.45) is 0 Å². The standard InChI is InChI=1S/C11H18BrNO2/c1-11(2,3)15-10(14)13-7-4-5-9(13)8(12)6-7/h7-9H,4-6H2,1-3H3. The normalized spacial score (nSPS) is 34.7. The molecule has 15 heavy (non-hydrogen) atoms. The number of halogens is 1. The van der Waals surface area contributed by atoms with E-state index in [2.05, 4.69) is 15.9 Å². The molecule has 2 bridgehead atoms. The lowest BCUT2D eigenvalue weighted by Gasteiger charge is -2.27. The topological polar surface area (TPSA) is 29.5 Å². The Hall–Kier alpha value is -0.250. The minimum atomic E-state index is -0.388. The van der Waals surface area contributed by atoms with Crippen molar-refractivity contribution in [3.63, 3.8) is 0 Å². The smallest absolute Gasteiger partial charge is 0.410 e. The van der Waals surface area contributed by atoms with Crippen LogP contribution in [0.5, 0.6) is 0 Å². The van der Waals surface area contributed by atoms with Gasteiger partial charge in [0.05, 0.1) is 0 Å². The van der Waals surface area contributed by atoms with Crippen LogP contribution >= 0.6 is 15.9 Å². The summed E-state index contributed by atoms with van der Waals surface area (Å²) in [6.45, 7) is 5.73. The third-order valence-corrected chi connectivity index (χ3v) is 4.05. The average molecular weight is 276 g/mol. The van der Waals surface area contributed by atoms with E-state index in [4.69, 9.17) is 4.74 Å². The van der Waals surface area contributed by atoms with E-state index in [1.807, 2.05) is 25.7 Å². The van der Waals surface area contributed by atoms with Crippen LogP contribution in [0.3, 0.4) is 0 Å². The molecule has 0 saturated carbocycles. The van der Waals surface area contributed by atoms with Gasteiger partial charge in [-0.15, -0.1) is 0 Å². The Balaban J connectivity index is 2.03. The number of rotatable bonds is 0. The van der Waals surface area contributed by atoms with E-state index in [1.54, 1.807) is 0 Å². The van der Waals surface area contributed by atoms with Crippen LogP contribution in [0.1, 0.15) is 40.0 Å². The number of carbonyl (C=O) groups is 1. The lowest BCUT2D eigenvalue weighted by Crippen LogP contribution is -2.40. The molecule has 0 N–H and O–H groups in total. The first-order valence-corrected chi connectivity index (χ1v) is 6.45. The highest BCUT2D eigenvalue weighted by Gasteiger charge is 2.48. The summed E-state index contributed by atoms with van der Waals surface area (Å²) in [6, 6.07) is 0.749. The Labute approximate surface area is 99.3 Å². The van der Waals surface area contributed by atoms with E-state index < -0.39 is 0 Å². The zero-order valence-corrected chi connectivity index (χ0v) is 11.1. The zero-order chi connectivity index (χ0) is 11.2. The molecule has 2 saturated heterocycles. The van der Waals surface area contributed by atoms with Crippen LogP contribution in [0.25, 0.3) is 0 Å². The molecule has 86 valence electrons. The van der Waals surface area contributed by atoms with Crippen molar-refractivity contribution in [1.29, 1.82) is 0 Å². The van der Waals surface area contributed by atoms with Crippen molar-refractivity contribution >= 4 is 22.0 Å². The van der Waals surface area contributed by atoms with Crippen LogP contribution in [0, 0.1) is 0 Å². The second kappa shape index (κ2) is 3.65. The summed E-state index contributed by atoms with van der Waals surface area (Å²) in [6.07, 6.45) is 3.17. The number of alkyl halides is 1. The van der Waals surface area contributed by atoms with Crippen LogP contribution in [0.15, 0.2) is 0 Å². The zero-order valence-electron chi connectivity index (χ0n) is 9.50. The Bertz CT molecular complexity index is 274. The molecule has 3 nitrogen and oxygen atoms in total. The summed E-state index contributed by atoms with van der Waals surface area (Å²) in [4.78, 5) is 14.3. The third-order valence-electron chi connectivity index (χ3n) is 3.07. The average Bonchev–Trinajstić information content (AvgIpc) is 2.55. The molecule has 2 rings (SSSR count). The minimum absolute atomic E-state index is 0.142. The summed E-state index contributed by atoms with van der Waals surface area (Å²) in [5.74, 6) is 0. The van der Waals surface area contributed by atoms with E-state index in [9.17, 15) is 4.79 Å². The van der Waals surface area contributed by atoms with Crippen molar-refractivity contribution in [3.8, 4) is 0 Å². The number of hydrogen-bond donors (Lipinski definition) is 0. The fourth-order valence-corrected chi connectivity index (χ4v) is 3.47. The molecular weight excluding hydrogens is 258 g/mol. The van der Waals surface area contributed by atoms with Crippen LogP contribution in [-0.2, 0) is 4.74 Å². The van der Waals surface area contributed by atoms with Gasteiger partial charge >= 0.3 is 6.09 Å². The molecule has 2 aliphatic heterocycles. The van der Waals surface area contributed by atoms with Gasteiger partial charge in [0, 0.05) is 16.9 Å². The molecule has 3 unspecified atom stereocenters. The Morgan fingerprint density at radius 1 is 1.40 bits per heavy atom. The van der Waals surface area contributed by atoms with E-state index in [0.29, 0.717) is 16.9 Å². The Kier molecular flexibility index (Phi) is 2.73. The maximum Gasteiger partial charge on any atom is 0.410 e. The van der Waals surface area contributed by atoms with E-state index >= 15 is 0 Å². The predicted octanol–water partition coefficient (Wildman–Crippen LogP) is 2.92.